The van der Waals surface area contributed by atoms with Crippen LogP contribution in [0.2, 0.25) is 0 Å². The normalized spacial score (nSPS) is 15.2. The van der Waals surface area contributed by atoms with Gasteiger partial charge in [-0.1, -0.05) is 160 Å². The van der Waals surface area contributed by atoms with Crippen molar-refractivity contribution in [3.8, 4) is 39.1 Å². The molecule has 0 radical (unpaired) electrons. The minimum absolute atomic E-state index is 0.0405. The van der Waals surface area contributed by atoms with Crippen molar-refractivity contribution >= 4 is 82.9 Å². The zero-order valence-electron chi connectivity index (χ0n) is 39.8. The van der Waals surface area contributed by atoms with E-state index in [-0.39, 0.29) is 21.7 Å². The van der Waals surface area contributed by atoms with Crippen molar-refractivity contribution in [2.45, 2.75) is 90.9 Å². The van der Waals surface area contributed by atoms with Gasteiger partial charge in [-0.2, -0.15) is 0 Å². The van der Waals surface area contributed by atoms with Crippen LogP contribution in [0.5, 0.6) is 0 Å². The summed E-state index contributed by atoms with van der Waals surface area (Å²) >= 11 is 1.92. The highest BCUT2D eigenvalue weighted by atomic mass is 32.1. The van der Waals surface area contributed by atoms with Crippen molar-refractivity contribution in [1.29, 1.82) is 0 Å². The molecule has 66 heavy (non-hydrogen) atoms. The first kappa shape index (κ1) is 40.0. The Balaban J connectivity index is 1.11. The van der Waals surface area contributed by atoms with Gasteiger partial charge in [0.15, 0.2) is 7.28 Å². The minimum Gasteiger partial charge on any atom is -0.355 e. The molecule has 2 nitrogen and oxygen atoms in total. The van der Waals surface area contributed by atoms with Crippen LogP contribution in [0, 0.1) is 0 Å². The van der Waals surface area contributed by atoms with E-state index in [4.69, 9.17) is 0 Å². The van der Waals surface area contributed by atoms with Gasteiger partial charge in [-0.15, -0.1) is 11.3 Å². The van der Waals surface area contributed by atoms with Crippen LogP contribution < -0.4 is 16.2 Å². The lowest BCUT2D eigenvalue weighted by Crippen LogP contribution is -2.37. The topological polar surface area (TPSA) is 17.0 Å². The van der Waals surface area contributed by atoms with Gasteiger partial charge >= 0.3 is 0 Å². The molecule has 13 rings (SSSR count). The Morgan fingerprint density at radius 2 is 1.15 bits per heavy atom. The van der Waals surface area contributed by atoms with E-state index in [1.165, 1.54) is 125 Å². The molecule has 3 aliphatic rings. The third-order valence-corrected chi connectivity index (χ3v) is 17.1. The molecule has 0 saturated heterocycles. The van der Waals surface area contributed by atoms with E-state index >= 15 is 0 Å². The Hall–Kier alpha value is -6.36. The average molecular weight is 871 g/mol. The van der Waals surface area contributed by atoms with Gasteiger partial charge < -0.3 is 9.88 Å². The Morgan fingerprint density at radius 1 is 0.485 bits per heavy atom. The zero-order chi connectivity index (χ0) is 45.4. The molecule has 0 amide bonds. The molecule has 0 saturated carbocycles. The van der Waals surface area contributed by atoms with Crippen LogP contribution in [0.4, 0.5) is 11.4 Å². The van der Waals surface area contributed by atoms with Crippen LogP contribution in [-0.2, 0) is 21.7 Å². The Kier molecular flexibility index (Phi) is 7.97. The van der Waals surface area contributed by atoms with Crippen LogP contribution in [0.3, 0.4) is 0 Å². The van der Waals surface area contributed by atoms with Crippen molar-refractivity contribution in [2.75, 3.05) is 5.32 Å². The van der Waals surface area contributed by atoms with Crippen molar-refractivity contribution in [3.05, 3.63) is 173 Å². The van der Waals surface area contributed by atoms with E-state index < -0.39 is 0 Å². The highest BCUT2D eigenvalue weighted by Gasteiger charge is 2.39. The molecule has 0 unspecified atom stereocenters. The van der Waals surface area contributed by atoms with Gasteiger partial charge in [-0.3, -0.25) is 0 Å². The number of nitrogens with one attached hydrogen (secondary N) is 1. The molecule has 8 aromatic carbocycles. The standard InChI is InChI=1S/C62H55BN2S/c1-59(2,3)34-19-22-36(23-20-34)64-52-31-49-43(41-27-35(60(4,5)6)21-26-48(41)62(49,9)10)28-44(52)39-24-25-40-45-29-42-37-15-11-13-17-47(37)61(7,8)50(42)32-53(45)65-54-30-46-38-16-12-14-18-55(38)66-56(46)33-51(54)63-57(39)58(40)65/h11-33,63-64H,1-10H3. The van der Waals surface area contributed by atoms with Gasteiger partial charge in [0.2, 0.25) is 0 Å². The van der Waals surface area contributed by atoms with Gasteiger partial charge in [0, 0.05) is 69.9 Å². The monoisotopic (exact) mass is 870 g/mol. The molecule has 322 valence electrons. The molecule has 0 atom stereocenters. The number of fused-ring (bicyclic) bond motifs is 14. The molecule has 0 fully saturated rings. The number of aromatic nitrogens is 1. The predicted molar refractivity (Wildman–Crippen MR) is 288 cm³/mol. The first-order valence-electron chi connectivity index (χ1n) is 23.9. The van der Waals surface area contributed by atoms with E-state index in [1.54, 1.807) is 0 Å². The van der Waals surface area contributed by atoms with Gasteiger partial charge in [0.1, 0.15) is 0 Å². The summed E-state index contributed by atoms with van der Waals surface area (Å²) in [6.07, 6.45) is 0. The van der Waals surface area contributed by atoms with Crippen LogP contribution in [0.25, 0.3) is 81.0 Å². The second-order valence-electron chi connectivity index (χ2n) is 22.7. The molecule has 1 N–H and O–H groups in total. The molecule has 10 aromatic rings. The molecule has 2 aromatic heterocycles. The maximum atomic E-state index is 4.04. The lowest BCUT2D eigenvalue weighted by atomic mass is 9.59. The summed E-state index contributed by atoms with van der Waals surface area (Å²) in [7, 11) is 0.851. The smallest absolute Gasteiger partial charge is 0.198 e. The molecule has 3 heterocycles. The number of anilines is 2. The van der Waals surface area contributed by atoms with E-state index in [9.17, 15) is 0 Å². The quantitative estimate of drug-likeness (QED) is 0.175. The van der Waals surface area contributed by atoms with Crippen molar-refractivity contribution in [3.63, 3.8) is 0 Å². The summed E-state index contributed by atoms with van der Waals surface area (Å²) in [5.74, 6) is 0. The first-order valence-corrected chi connectivity index (χ1v) is 24.7. The van der Waals surface area contributed by atoms with Gasteiger partial charge in [-0.25, -0.2) is 0 Å². The Morgan fingerprint density at radius 3 is 1.92 bits per heavy atom. The fourth-order valence-corrected chi connectivity index (χ4v) is 13.3. The summed E-state index contributed by atoms with van der Waals surface area (Å²) in [6, 6.07) is 54.4. The number of hydrogen-bond donors (Lipinski definition) is 1. The SMILES string of the molecule is CC(C)(C)c1ccc(Nc2cc3c(cc2-c2ccc4c5cc6c(cc5n5c4c2Bc2cc4sc7ccccc7c4cc2-5)C(C)(C)c2ccccc2-6)-c2cc(C(C)(C)C)ccc2C3(C)C)cc1. The molecule has 1 aliphatic heterocycles. The summed E-state index contributed by atoms with van der Waals surface area (Å²) in [4.78, 5) is 0. The summed E-state index contributed by atoms with van der Waals surface area (Å²) < 4.78 is 5.36. The zero-order valence-corrected chi connectivity index (χ0v) is 40.7. The molecule has 2 aliphatic carbocycles. The first-order chi connectivity index (χ1) is 31.5. The van der Waals surface area contributed by atoms with Crippen LogP contribution in [-0.4, -0.2) is 11.8 Å². The Bertz CT molecular complexity index is 3770. The molecule has 0 bridgehead atoms. The maximum absolute atomic E-state index is 4.04. The largest absolute Gasteiger partial charge is 0.355 e. The molecule has 4 heteroatoms. The van der Waals surface area contributed by atoms with Crippen molar-refractivity contribution in [2.24, 2.45) is 0 Å². The predicted octanol–water partition coefficient (Wildman–Crippen LogP) is 15.5. The second kappa shape index (κ2) is 13.2. The highest BCUT2D eigenvalue weighted by Crippen LogP contribution is 2.54. The third kappa shape index (κ3) is 5.48. The van der Waals surface area contributed by atoms with Crippen molar-refractivity contribution < 1.29 is 0 Å². The second-order valence-corrected chi connectivity index (χ2v) is 23.8. The number of nitrogens with zero attached hydrogens (tertiary/aromatic N) is 1. The number of hydrogen-bond acceptors (Lipinski definition) is 2. The van der Waals surface area contributed by atoms with Gasteiger partial charge in [0.05, 0.1) is 5.52 Å². The highest BCUT2D eigenvalue weighted by molar-refractivity contribution is 7.26. The summed E-state index contributed by atoms with van der Waals surface area (Å²) in [6.45, 7) is 23.5. The molecular weight excluding hydrogens is 816 g/mol. The fourth-order valence-electron chi connectivity index (χ4n) is 12.2. The number of rotatable bonds is 3. The van der Waals surface area contributed by atoms with Crippen LogP contribution in [0.1, 0.15) is 103 Å². The fraction of sp³-hybridized carbons (Fsp3) is 0.226. The maximum Gasteiger partial charge on any atom is 0.198 e. The van der Waals surface area contributed by atoms with E-state index in [2.05, 4.69) is 219 Å². The third-order valence-electron chi connectivity index (χ3n) is 15.9. The molecule has 0 spiro atoms. The number of thiophene rings is 1. The van der Waals surface area contributed by atoms with Crippen LogP contribution >= 0.6 is 11.3 Å². The average Bonchev–Trinajstić information content (AvgIpc) is 3.95. The molecular formula is C62H55BN2S. The lowest BCUT2D eigenvalue weighted by molar-refractivity contribution is 0.589. The summed E-state index contributed by atoms with van der Waals surface area (Å²) in [5.41, 5.74) is 25.1. The van der Waals surface area contributed by atoms with Crippen molar-refractivity contribution in [1.82, 2.24) is 4.57 Å². The van der Waals surface area contributed by atoms with E-state index in [0.717, 1.165) is 18.7 Å². The summed E-state index contributed by atoms with van der Waals surface area (Å²) in [5, 5.41) is 9.37. The number of benzene rings is 8. The van der Waals surface area contributed by atoms with Gasteiger partial charge in [-0.05, 0) is 132 Å². The van der Waals surface area contributed by atoms with Gasteiger partial charge in [0.25, 0.3) is 0 Å². The Labute approximate surface area is 393 Å². The van der Waals surface area contributed by atoms with E-state index in [0.29, 0.717) is 0 Å². The van der Waals surface area contributed by atoms with E-state index in [1.807, 2.05) is 11.3 Å². The minimum atomic E-state index is -0.155. The lowest BCUT2D eigenvalue weighted by Gasteiger charge is -2.26. The van der Waals surface area contributed by atoms with Crippen LogP contribution in [0.15, 0.2) is 140 Å².